The van der Waals surface area contributed by atoms with Crippen LogP contribution in [-0.4, -0.2) is 41.4 Å². The van der Waals surface area contributed by atoms with Crippen molar-refractivity contribution in [3.8, 4) is 0 Å². The van der Waals surface area contributed by atoms with Gasteiger partial charge in [0.1, 0.15) is 0 Å². The first-order valence-corrected chi connectivity index (χ1v) is 5.44. The smallest absolute Gasteiger partial charge is 0.224 e. The highest BCUT2D eigenvalue weighted by atomic mass is 16.3. The van der Waals surface area contributed by atoms with Crippen LogP contribution in [0.15, 0.2) is 40.9 Å². The second kappa shape index (κ2) is 5.59. The molecule has 0 aromatic carbocycles. The number of carbonyl (C=O) groups is 1. The van der Waals surface area contributed by atoms with Gasteiger partial charge >= 0.3 is 0 Å². The van der Waals surface area contributed by atoms with Gasteiger partial charge in [-0.25, -0.2) is 0 Å². The number of carbonyl (C=O) groups excluding carboxylic acids is 1. The van der Waals surface area contributed by atoms with Gasteiger partial charge in [-0.15, -0.1) is 0 Å². The molecule has 0 bridgehead atoms. The normalized spacial score (nSPS) is 23.6. The molecule has 0 saturated heterocycles. The van der Waals surface area contributed by atoms with Crippen molar-refractivity contribution >= 4 is 12.2 Å². The van der Waals surface area contributed by atoms with E-state index in [9.17, 15) is 9.90 Å². The maximum absolute atomic E-state index is 11.4. The molecule has 0 heterocycles. The Morgan fingerprint density at radius 1 is 1.59 bits per heavy atom. The molecular weight excluding hydrogens is 216 g/mol. The molecule has 1 amide bonds. The third kappa shape index (κ3) is 4.36. The maximum atomic E-state index is 11.4. The van der Waals surface area contributed by atoms with E-state index in [0.717, 1.165) is 5.57 Å². The monoisotopic (exact) mass is 234 g/mol. The fraction of sp³-hybridized carbons (Fsp3) is 0.385. The van der Waals surface area contributed by atoms with Crippen LogP contribution in [0, 0.1) is 0 Å². The summed E-state index contributed by atoms with van der Waals surface area (Å²) < 4.78 is 0. The van der Waals surface area contributed by atoms with Gasteiger partial charge in [-0.3, -0.25) is 14.7 Å². The summed E-state index contributed by atoms with van der Waals surface area (Å²) in [5.74, 6) is -0.0817. The van der Waals surface area contributed by atoms with Crippen LogP contribution in [0.3, 0.4) is 0 Å². The molecule has 92 valence electrons. The van der Waals surface area contributed by atoms with E-state index < -0.39 is 5.60 Å². The molecule has 0 saturated carbocycles. The Bertz CT molecular complexity index is 404. The van der Waals surface area contributed by atoms with Crippen LogP contribution >= 0.6 is 0 Å². The van der Waals surface area contributed by atoms with E-state index in [4.69, 9.17) is 0 Å². The van der Waals surface area contributed by atoms with E-state index in [2.05, 4.69) is 4.99 Å². The van der Waals surface area contributed by atoms with Crippen molar-refractivity contribution in [1.29, 1.82) is 0 Å². The SMILES string of the molecule is CN=CN(CC1=CC(C)(O)C=CC=C1)C(C)=O. The van der Waals surface area contributed by atoms with Gasteiger partial charge in [0.2, 0.25) is 5.91 Å². The van der Waals surface area contributed by atoms with Gasteiger partial charge in [-0.1, -0.05) is 18.2 Å². The second-order valence-electron chi connectivity index (χ2n) is 4.18. The lowest BCUT2D eigenvalue weighted by Gasteiger charge is -2.18. The van der Waals surface area contributed by atoms with Crippen molar-refractivity contribution in [3.05, 3.63) is 36.0 Å². The minimum absolute atomic E-state index is 0.0817. The molecule has 0 aliphatic heterocycles. The van der Waals surface area contributed by atoms with E-state index in [1.807, 2.05) is 12.2 Å². The summed E-state index contributed by atoms with van der Waals surface area (Å²) in [6, 6.07) is 0. The van der Waals surface area contributed by atoms with E-state index in [-0.39, 0.29) is 5.91 Å². The Morgan fingerprint density at radius 2 is 2.29 bits per heavy atom. The van der Waals surface area contributed by atoms with Gasteiger partial charge in [0.15, 0.2) is 0 Å². The molecule has 4 heteroatoms. The summed E-state index contributed by atoms with van der Waals surface area (Å²) in [7, 11) is 1.62. The molecule has 1 aliphatic rings. The van der Waals surface area contributed by atoms with Crippen LogP contribution in [0.5, 0.6) is 0 Å². The first-order chi connectivity index (χ1) is 7.94. The summed E-state index contributed by atoms with van der Waals surface area (Å²) in [5, 5.41) is 9.97. The van der Waals surface area contributed by atoms with Gasteiger partial charge in [-0.05, 0) is 24.6 Å². The van der Waals surface area contributed by atoms with Crippen LogP contribution in [0.2, 0.25) is 0 Å². The van der Waals surface area contributed by atoms with E-state index in [1.165, 1.54) is 18.2 Å². The summed E-state index contributed by atoms with van der Waals surface area (Å²) in [6.07, 6.45) is 10.4. The predicted octanol–water partition coefficient (Wildman–Crippen LogP) is 1.30. The van der Waals surface area contributed by atoms with Gasteiger partial charge in [-0.2, -0.15) is 0 Å². The average molecular weight is 234 g/mol. The Hall–Kier alpha value is -1.68. The number of aliphatic imine (C=N–C) groups is 1. The number of hydrogen-bond donors (Lipinski definition) is 1. The highest BCUT2D eigenvalue weighted by molar-refractivity contribution is 5.86. The standard InChI is InChI=1S/C13H18N2O2/c1-11(16)15(10-14-3)9-12-6-4-5-7-13(2,17)8-12/h4-8,10,17H,9H2,1-3H3. The van der Waals surface area contributed by atoms with Crippen molar-refractivity contribution < 1.29 is 9.90 Å². The third-order valence-corrected chi connectivity index (χ3v) is 2.34. The molecule has 1 unspecified atom stereocenters. The molecule has 1 atom stereocenters. The van der Waals surface area contributed by atoms with Crippen LogP contribution < -0.4 is 0 Å². The maximum Gasteiger partial charge on any atom is 0.224 e. The zero-order valence-electron chi connectivity index (χ0n) is 10.4. The zero-order valence-corrected chi connectivity index (χ0v) is 10.4. The molecule has 17 heavy (non-hydrogen) atoms. The molecule has 1 rings (SSSR count). The fourth-order valence-corrected chi connectivity index (χ4v) is 1.57. The van der Waals surface area contributed by atoms with E-state index in [0.29, 0.717) is 6.54 Å². The molecule has 0 fully saturated rings. The molecule has 0 spiro atoms. The lowest BCUT2D eigenvalue weighted by molar-refractivity contribution is -0.124. The van der Waals surface area contributed by atoms with Crippen molar-refractivity contribution in [2.75, 3.05) is 13.6 Å². The van der Waals surface area contributed by atoms with Crippen LogP contribution in [0.4, 0.5) is 0 Å². The first kappa shape index (κ1) is 13.4. The Morgan fingerprint density at radius 3 is 2.88 bits per heavy atom. The lowest BCUT2D eigenvalue weighted by atomic mass is 10.0. The summed E-state index contributed by atoms with van der Waals surface area (Å²) in [4.78, 5) is 16.7. The van der Waals surface area contributed by atoms with Gasteiger partial charge in [0.05, 0.1) is 18.5 Å². The Labute approximate surface area is 102 Å². The van der Waals surface area contributed by atoms with Crippen LogP contribution in [-0.2, 0) is 4.79 Å². The van der Waals surface area contributed by atoms with Crippen LogP contribution in [0.25, 0.3) is 0 Å². The van der Waals surface area contributed by atoms with Crippen molar-refractivity contribution in [3.63, 3.8) is 0 Å². The van der Waals surface area contributed by atoms with E-state index in [1.54, 1.807) is 32.2 Å². The van der Waals surface area contributed by atoms with Gasteiger partial charge in [0, 0.05) is 14.0 Å². The Kier molecular flexibility index (Phi) is 4.40. The van der Waals surface area contributed by atoms with Gasteiger partial charge < -0.3 is 5.11 Å². The highest BCUT2D eigenvalue weighted by Gasteiger charge is 2.16. The number of amides is 1. The first-order valence-electron chi connectivity index (χ1n) is 5.44. The molecule has 0 aromatic rings. The lowest BCUT2D eigenvalue weighted by Crippen LogP contribution is -2.30. The quantitative estimate of drug-likeness (QED) is 0.591. The van der Waals surface area contributed by atoms with Crippen molar-refractivity contribution in [2.24, 2.45) is 4.99 Å². The zero-order chi connectivity index (χ0) is 12.9. The Balaban J connectivity index is 2.86. The van der Waals surface area contributed by atoms with E-state index >= 15 is 0 Å². The number of rotatable bonds is 3. The topological polar surface area (TPSA) is 52.9 Å². The predicted molar refractivity (Wildman–Crippen MR) is 68.8 cm³/mol. The number of nitrogens with zero attached hydrogens (tertiary/aromatic N) is 2. The number of allylic oxidation sites excluding steroid dienone is 2. The summed E-state index contributed by atoms with van der Waals surface area (Å²) in [6.45, 7) is 3.59. The molecule has 0 radical (unpaired) electrons. The van der Waals surface area contributed by atoms with Crippen molar-refractivity contribution in [1.82, 2.24) is 4.90 Å². The summed E-state index contributed by atoms with van der Waals surface area (Å²) >= 11 is 0. The fourth-order valence-electron chi connectivity index (χ4n) is 1.57. The average Bonchev–Trinajstić information content (AvgIpc) is 2.38. The summed E-state index contributed by atoms with van der Waals surface area (Å²) in [5.41, 5.74) is -0.111. The molecule has 1 aliphatic carbocycles. The van der Waals surface area contributed by atoms with Gasteiger partial charge in [0.25, 0.3) is 0 Å². The molecule has 1 N–H and O–H groups in total. The molecule has 4 nitrogen and oxygen atoms in total. The third-order valence-electron chi connectivity index (χ3n) is 2.34. The second-order valence-corrected chi connectivity index (χ2v) is 4.18. The number of hydrogen-bond acceptors (Lipinski definition) is 3. The minimum Gasteiger partial charge on any atom is -0.382 e. The minimum atomic E-state index is -0.981. The number of aliphatic hydroxyl groups is 1. The molecular formula is C13H18N2O2. The highest BCUT2D eigenvalue weighted by Crippen LogP contribution is 2.16. The molecule has 0 aromatic heterocycles. The van der Waals surface area contributed by atoms with Crippen molar-refractivity contribution in [2.45, 2.75) is 19.4 Å². The largest absolute Gasteiger partial charge is 0.382 e. The van der Waals surface area contributed by atoms with Crippen LogP contribution in [0.1, 0.15) is 13.8 Å².